The molecular formula is C11H10BrFN2O. The van der Waals surface area contributed by atoms with E-state index in [0.717, 1.165) is 0 Å². The topological polar surface area (TPSA) is 38.9 Å². The summed E-state index contributed by atoms with van der Waals surface area (Å²) in [5, 5.41) is 7.85. The van der Waals surface area contributed by atoms with Crippen LogP contribution in [0.4, 0.5) is 4.39 Å². The number of aromatic nitrogens is 2. The molecule has 0 atom stereocenters. The first-order valence-electron chi connectivity index (χ1n) is 4.86. The van der Waals surface area contributed by atoms with Crippen molar-refractivity contribution in [1.29, 1.82) is 0 Å². The Hall–Kier alpha value is -1.23. The second kappa shape index (κ2) is 4.33. The van der Waals surface area contributed by atoms with E-state index < -0.39 is 0 Å². The average molecular weight is 285 g/mol. The van der Waals surface area contributed by atoms with Gasteiger partial charge < -0.3 is 4.42 Å². The first-order valence-corrected chi connectivity index (χ1v) is 5.66. The van der Waals surface area contributed by atoms with Gasteiger partial charge in [0.2, 0.25) is 11.8 Å². The van der Waals surface area contributed by atoms with Gasteiger partial charge in [-0.3, -0.25) is 0 Å². The van der Waals surface area contributed by atoms with E-state index in [1.807, 2.05) is 13.8 Å². The molecule has 5 heteroatoms. The summed E-state index contributed by atoms with van der Waals surface area (Å²) in [5.41, 5.74) is 0.695. The molecular weight excluding hydrogens is 275 g/mol. The minimum absolute atomic E-state index is 0.181. The predicted octanol–water partition coefficient (Wildman–Crippen LogP) is 3.76. The third kappa shape index (κ3) is 2.14. The molecule has 3 nitrogen and oxygen atoms in total. The van der Waals surface area contributed by atoms with Crippen LogP contribution >= 0.6 is 15.9 Å². The van der Waals surface area contributed by atoms with Crippen LogP contribution in [-0.4, -0.2) is 10.2 Å². The summed E-state index contributed by atoms with van der Waals surface area (Å²) in [6, 6.07) is 4.34. The van der Waals surface area contributed by atoms with E-state index in [-0.39, 0.29) is 11.7 Å². The molecule has 0 unspecified atom stereocenters. The maximum atomic E-state index is 12.9. The number of hydrogen-bond donors (Lipinski definition) is 0. The first kappa shape index (κ1) is 11.3. The Morgan fingerprint density at radius 2 is 2.06 bits per heavy atom. The molecule has 0 saturated heterocycles. The van der Waals surface area contributed by atoms with Crippen molar-refractivity contribution in [3.63, 3.8) is 0 Å². The highest BCUT2D eigenvalue weighted by Gasteiger charge is 2.13. The molecule has 16 heavy (non-hydrogen) atoms. The summed E-state index contributed by atoms with van der Waals surface area (Å²) < 4.78 is 19.0. The first-order chi connectivity index (χ1) is 7.58. The van der Waals surface area contributed by atoms with E-state index in [0.29, 0.717) is 21.8 Å². The van der Waals surface area contributed by atoms with Gasteiger partial charge in [0.1, 0.15) is 5.82 Å². The van der Waals surface area contributed by atoms with Crippen LogP contribution in [0.15, 0.2) is 27.1 Å². The molecule has 0 aliphatic heterocycles. The van der Waals surface area contributed by atoms with Gasteiger partial charge in [-0.2, -0.15) is 0 Å². The smallest absolute Gasteiger partial charge is 0.248 e. The highest BCUT2D eigenvalue weighted by Crippen LogP contribution is 2.28. The molecule has 2 rings (SSSR count). The number of hydrogen-bond acceptors (Lipinski definition) is 3. The van der Waals surface area contributed by atoms with Gasteiger partial charge in [-0.15, -0.1) is 10.2 Å². The zero-order chi connectivity index (χ0) is 11.7. The quantitative estimate of drug-likeness (QED) is 0.843. The van der Waals surface area contributed by atoms with E-state index in [2.05, 4.69) is 26.1 Å². The second-order valence-corrected chi connectivity index (χ2v) is 4.58. The molecule has 0 fully saturated rings. The molecule has 0 bridgehead atoms. The number of halogens is 2. The summed E-state index contributed by atoms with van der Waals surface area (Å²) in [7, 11) is 0. The second-order valence-electron chi connectivity index (χ2n) is 3.72. The van der Waals surface area contributed by atoms with Gasteiger partial charge in [-0.25, -0.2) is 4.39 Å². The van der Waals surface area contributed by atoms with Crippen molar-refractivity contribution in [2.24, 2.45) is 0 Å². The van der Waals surface area contributed by atoms with Crippen LogP contribution in [0.2, 0.25) is 0 Å². The lowest BCUT2D eigenvalue weighted by Crippen LogP contribution is -1.85. The Morgan fingerprint density at radius 3 is 2.62 bits per heavy atom. The Bertz CT molecular complexity index is 510. The molecule has 0 saturated carbocycles. The van der Waals surface area contributed by atoms with Crippen molar-refractivity contribution in [1.82, 2.24) is 10.2 Å². The molecule has 0 spiro atoms. The molecule has 84 valence electrons. The Labute approximate surface area is 101 Å². The molecule has 0 amide bonds. The van der Waals surface area contributed by atoms with Crippen LogP contribution in [0, 0.1) is 5.82 Å². The van der Waals surface area contributed by atoms with E-state index in [1.54, 1.807) is 6.07 Å². The van der Waals surface area contributed by atoms with Crippen molar-refractivity contribution in [2.45, 2.75) is 19.8 Å². The van der Waals surface area contributed by atoms with Gasteiger partial charge in [0.25, 0.3) is 0 Å². The molecule has 0 N–H and O–H groups in total. The largest absolute Gasteiger partial charge is 0.420 e. The van der Waals surface area contributed by atoms with Gasteiger partial charge in [0, 0.05) is 10.4 Å². The van der Waals surface area contributed by atoms with Crippen molar-refractivity contribution in [2.75, 3.05) is 0 Å². The summed E-state index contributed by atoms with van der Waals surface area (Å²) in [4.78, 5) is 0. The maximum absolute atomic E-state index is 12.9. The van der Waals surface area contributed by atoms with E-state index in [9.17, 15) is 4.39 Å². The maximum Gasteiger partial charge on any atom is 0.248 e. The fourth-order valence-corrected chi connectivity index (χ4v) is 1.76. The van der Waals surface area contributed by atoms with Crippen LogP contribution in [0.5, 0.6) is 0 Å². The highest BCUT2D eigenvalue weighted by atomic mass is 79.9. The number of benzene rings is 1. The van der Waals surface area contributed by atoms with Gasteiger partial charge in [0.15, 0.2) is 0 Å². The summed E-state index contributed by atoms with van der Waals surface area (Å²) in [6.07, 6.45) is 0. The van der Waals surface area contributed by atoms with E-state index in [4.69, 9.17) is 4.42 Å². The average Bonchev–Trinajstić information content (AvgIpc) is 2.66. The lowest BCUT2D eigenvalue weighted by atomic mass is 10.2. The molecule has 0 aliphatic rings. The molecule has 1 aromatic heterocycles. The van der Waals surface area contributed by atoms with Crippen molar-refractivity contribution in [3.05, 3.63) is 34.4 Å². The molecule has 1 aromatic carbocycles. The normalized spacial score (nSPS) is 11.1. The summed E-state index contributed by atoms with van der Waals surface area (Å²) in [6.45, 7) is 3.94. The minimum Gasteiger partial charge on any atom is -0.420 e. The van der Waals surface area contributed by atoms with Gasteiger partial charge in [0.05, 0.1) is 5.56 Å². The van der Waals surface area contributed by atoms with Crippen LogP contribution in [0.3, 0.4) is 0 Å². The Kier molecular flexibility index (Phi) is 3.05. The third-order valence-corrected chi connectivity index (χ3v) is 2.75. The lowest BCUT2D eigenvalue weighted by Gasteiger charge is -1.99. The van der Waals surface area contributed by atoms with Gasteiger partial charge >= 0.3 is 0 Å². The summed E-state index contributed by atoms with van der Waals surface area (Å²) in [5.74, 6) is 0.849. The molecule has 0 radical (unpaired) electrons. The van der Waals surface area contributed by atoms with Crippen LogP contribution in [0.25, 0.3) is 11.5 Å². The number of nitrogens with zero attached hydrogens (tertiary/aromatic N) is 2. The standard InChI is InChI=1S/C11H10BrFN2O/c1-6(2)10-14-15-11(16-10)8-4-3-7(13)5-9(8)12/h3-6H,1-2H3. The predicted molar refractivity (Wildman–Crippen MR) is 61.5 cm³/mol. The number of rotatable bonds is 2. The van der Waals surface area contributed by atoms with Crippen molar-refractivity contribution >= 4 is 15.9 Å². The molecule has 0 aliphatic carbocycles. The van der Waals surface area contributed by atoms with Gasteiger partial charge in [-0.05, 0) is 34.1 Å². The lowest BCUT2D eigenvalue weighted by molar-refractivity contribution is 0.480. The Morgan fingerprint density at radius 1 is 1.31 bits per heavy atom. The fraction of sp³-hybridized carbons (Fsp3) is 0.273. The van der Waals surface area contributed by atoms with Crippen molar-refractivity contribution < 1.29 is 8.81 Å². The Balaban J connectivity index is 2.42. The zero-order valence-electron chi connectivity index (χ0n) is 8.87. The summed E-state index contributed by atoms with van der Waals surface area (Å²) >= 11 is 3.26. The van der Waals surface area contributed by atoms with Gasteiger partial charge in [-0.1, -0.05) is 13.8 Å². The van der Waals surface area contributed by atoms with Crippen LogP contribution in [-0.2, 0) is 0 Å². The van der Waals surface area contributed by atoms with Crippen molar-refractivity contribution in [3.8, 4) is 11.5 Å². The third-order valence-electron chi connectivity index (χ3n) is 2.10. The fourth-order valence-electron chi connectivity index (χ4n) is 1.24. The van der Waals surface area contributed by atoms with Crippen LogP contribution in [0.1, 0.15) is 25.7 Å². The van der Waals surface area contributed by atoms with E-state index >= 15 is 0 Å². The molecule has 2 aromatic rings. The zero-order valence-corrected chi connectivity index (χ0v) is 10.5. The monoisotopic (exact) mass is 284 g/mol. The SMILES string of the molecule is CC(C)c1nnc(-c2ccc(F)cc2Br)o1. The minimum atomic E-state index is -0.306. The molecule has 1 heterocycles. The highest BCUT2D eigenvalue weighted by molar-refractivity contribution is 9.10. The van der Waals surface area contributed by atoms with E-state index in [1.165, 1.54) is 12.1 Å². The van der Waals surface area contributed by atoms with Crippen LogP contribution < -0.4 is 0 Å².